The molecule has 5 nitrogen and oxygen atoms in total. The highest BCUT2D eigenvalue weighted by Gasteiger charge is 2.25. The maximum absolute atomic E-state index is 13.6. The first-order valence-corrected chi connectivity index (χ1v) is 11.6. The lowest BCUT2D eigenvalue weighted by Crippen LogP contribution is -2.32. The van der Waals surface area contributed by atoms with E-state index in [-0.39, 0.29) is 5.78 Å². The van der Waals surface area contributed by atoms with Crippen LogP contribution < -0.4 is 4.74 Å². The first-order valence-electron chi connectivity index (χ1n) is 11.6. The summed E-state index contributed by atoms with van der Waals surface area (Å²) >= 11 is 0. The number of para-hydroxylation sites is 1. The standard InChI is InChI=1S/C23H19NO2.C5H11NO/c1-14-9-10-17-16(13-14)5-3-6-18(17)23(25)21-15(2)24-11-12-26-20-8-4-7-19(21)22(20)24;1-6-2-4-7-5-3-6/h3-10,13H,11-12H2,1-2H3;2-5H2,1H3. The second-order valence-corrected chi connectivity index (χ2v) is 8.89. The number of benzene rings is 3. The molecule has 1 fully saturated rings. The van der Waals surface area contributed by atoms with E-state index in [4.69, 9.17) is 9.47 Å². The van der Waals surface area contributed by atoms with Crippen LogP contribution >= 0.6 is 0 Å². The highest BCUT2D eigenvalue weighted by Crippen LogP contribution is 2.36. The van der Waals surface area contributed by atoms with E-state index in [0.717, 1.165) is 77.1 Å². The predicted molar refractivity (Wildman–Crippen MR) is 133 cm³/mol. The SMILES string of the molecule is CN1CCOCC1.Cc1ccc2c(C(=O)c3c(C)n4c5c(cccc35)OCC4)cccc2c1. The van der Waals surface area contributed by atoms with Crippen molar-refractivity contribution in [1.29, 1.82) is 0 Å². The van der Waals surface area contributed by atoms with Crippen LogP contribution in [0.5, 0.6) is 5.75 Å². The van der Waals surface area contributed by atoms with E-state index < -0.39 is 0 Å². The molecule has 3 heterocycles. The van der Waals surface area contributed by atoms with Gasteiger partial charge in [0, 0.05) is 29.7 Å². The number of aromatic nitrogens is 1. The monoisotopic (exact) mass is 442 g/mol. The molecule has 0 aliphatic carbocycles. The van der Waals surface area contributed by atoms with Gasteiger partial charge >= 0.3 is 0 Å². The number of likely N-dealkylation sites (N-methyl/N-ethyl adjacent to an activating group) is 1. The number of fused-ring (bicyclic) bond motifs is 1. The molecule has 0 bridgehead atoms. The summed E-state index contributed by atoms with van der Waals surface area (Å²) in [4.78, 5) is 15.9. The first kappa shape index (κ1) is 21.7. The molecule has 0 spiro atoms. The first-order chi connectivity index (χ1) is 16.0. The summed E-state index contributed by atoms with van der Waals surface area (Å²) in [6.07, 6.45) is 0. The van der Waals surface area contributed by atoms with Gasteiger partial charge in [0.1, 0.15) is 12.4 Å². The fraction of sp³-hybridized carbons (Fsp3) is 0.321. The van der Waals surface area contributed by atoms with Gasteiger partial charge in [-0.05, 0) is 37.7 Å². The fourth-order valence-corrected chi connectivity index (χ4v) is 4.82. The van der Waals surface area contributed by atoms with E-state index in [9.17, 15) is 4.79 Å². The minimum atomic E-state index is 0.0831. The molecule has 0 unspecified atom stereocenters. The Labute approximate surface area is 194 Å². The molecule has 5 heteroatoms. The third kappa shape index (κ3) is 4.03. The van der Waals surface area contributed by atoms with Gasteiger partial charge in [-0.3, -0.25) is 4.79 Å². The predicted octanol–water partition coefficient (Wildman–Crippen LogP) is 4.98. The number of hydrogen-bond acceptors (Lipinski definition) is 4. The van der Waals surface area contributed by atoms with Crippen molar-refractivity contribution in [3.05, 3.63) is 77.0 Å². The molecule has 1 saturated heterocycles. The van der Waals surface area contributed by atoms with Gasteiger partial charge in [-0.15, -0.1) is 0 Å². The summed E-state index contributed by atoms with van der Waals surface area (Å²) in [6, 6.07) is 18.2. The molecule has 3 aromatic carbocycles. The lowest BCUT2D eigenvalue weighted by molar-refractivity contribution is 0.0503. The summed E-state index contributed by atoms with van der Waals surface area (Å²) in [5.74, 6) is 0.948. The molecule has 33 heavy (non-hydrogen) atoms. The highest BCUT2D eigenvalue weighted by molar-refractivity contribution is 6.22. The number of carbonyl (C=O) groups is 1. The van der Waals surface area contributed by atoms with E-state index in [2.05, 4.69) is 47.7 Å². The van der Waals surface area contributed by atoms with Crippen molar-refractivity contribution in [3.8, 4) is 5.75 Å². The third-order valence-electron chi connectivity index (χ3n) is 6.62. The smallest absolute Gasteiger partial charge is 0.196 e. The average Bonchev–Trinajstić information content (AvgIpc) is 3.12. The van der Waals surface area contributed by atoms with Crippen LogP contribution in [0.4, 0.5) is 0 Å². The van der Waals surface area contributed by atoms with Crippen LogP contribution in [0.15, 0.2) is 54.6 Å². The second kappa shape index (κ2) is 9.00. The molecular formula is C28H30N2O3. The van der Waals surface area contributed by atoms with Gasteiger partial charge in [0.15, 0.2) is 5.78 Å². The Morgan fingerprint density at radius 1 is 0.879 bits per heavy atom. The number of ketones is 1. The molecule has 0 N–H and O–H groups in total. The van der Waals surface area contributed by atoms with Crippen LogP contribution in [0, 0.1) is 13.8 Å². The molecule has 0 amide bonds. The van der Waals surface area contributed by atoms with Crippen molar-refractivity contribution in [2.75, 3.05) is 40.0 Å². The van der Waals surface area contributed by atoms with Crippen molar-refractivity contribution in [3.63, 3.8) is 0 Å². The fourth-order valence-electron chi connectivity index (χ4n) is 4.82. The largest absolute Gasteiger partial charge is 0.490 e. The Morgan fingerprint density at radius 2 is 1.67 bits per heavy atom. The molecule has 0 saturated carbocycles. The minimum absolute atomic E-state index is 0.0831. The van der Waals surface area contributed by atoms with E-state index in [1.165, 1.54) is 5.56 Å². The van der Waals surface area contributed by atoms with Crippen LogP contribution in [0.3, 0.4) is 0 Å². The van der Waals surface area contributed by atoms with Crippen LogP contribution in [0.1, 0.15) is 27.2 Å². The van der Waals surface area contributed by atoms with Crippen molar-refractivity contribution in [2.45, 2.75) is 20.4 Å². The normalized spacial score (nSPS) is 15.7. The summed E-state index contributed by atoms with van der Waals surface area (Å²) in [7, 11) is 2.11. The molecule has 2 aliphatic heterocycles. The van der Waals surface area contributed by atoms with E-state index in [1.807, 2.05) is 37.3 Å². The number of aryl methyl sites for hydroxylation is 1. The number of nitrogens with zero attached hydrogens (tertiary/aromatic N) is 2. The number of carbonyl (C=O) groups excluding carboxylic acids is 1. The maximum atomic E-state index is 13.6. The summed E-state index contributed by atoms with van der Waals surface area (Å²) in [5.41, 5.74) is 4.80. The average molecular weight is 443 g/mol. The molecule has 4 aromatic rings. The van der Waals surface area contributed by atoms with Gasteiger partial charge in [-0.1, -0.05) is 54.1 Å². The Hall–Kier alpha value is -3.15. The third-order valence-corrected chi connectivity index (χ3v) is 6.62. The summed E-state index contributed by atoms with van der Waals surface area (Å²) in [5, 5.41) is 3.09. The minimum Gasteiger partial charge on any atom is -0.490 e. The Kier molecular flexibility index (Phi) is 5.92. The number of hydrogen-bond donors (Lipinski definition) is 0. The molecule has 170 valence electrons. The topological polar surface area (TPSA) is 43.7 Å². The maximum Gasteiger partial charge on any atom is 0.196 e. The van der Waals surface area contributed by atoms with Crippen molar-refractivity contribution in [1.82, 2.24) is 9.47 Å². The van der Waals surface area contributed by atoms with E-state index in [1.54, 1.807) is 0 Å². The molecule has 0 radical (unpaired) electrons. The van der Waals surface area contributed by atoms with Crippen LogP contribution in [0.25, 0.3) is 21.7 Å². The van der Waals surface area contributed by atoms with Gasteiger partial charge in [-0.2, -0.15) is 0 Å². The zero-order valence-corrected chi connectivity index (χ0v) is 19.6. The Morgan fingerprint density at radius 3 is 2.42 bits per heavy atom. The summed E-state index contributed by atoms with van der Waals surface area (Å²) in [6.45, 7) is 9.55. The molecular weight excluding hydrogens is 412 g/mol. The van der Waals surface area contributed by atoms with E-state index >= 15 is 0 Å². The van der Waals surface area contributed by atoms with Gasteiger partial charge in [0.05, 0.1) is 30.8 Å². The number of ether oxygens (including phenoxy) is 2. The molecule has 6 rings (SSSR count). The molecule has 2 aliphatic rings. The number of rotatable bonds is 2. The van der Waals surface area contributed by atoms with Crippen molar-refractivity contribution in [2.24, 2.45) is 0 Å². The zero-order chi connectivity index (χ0) is 22.9. The zero-order valence-electron chi connectivity index (χ0n) is 19.6. The van der Waals surface area contributed by atoms with Gasteiger partial charge in [-0.25, -0.2) is 0 Å². The molecule has 0 atom stereocenters. The summed E-state index contributed by atoms with van der Waals surface area (Å²) < 4.78 is 13.1. The Balaban J connectivity index is 0.000000281. The lowest BCUT2D eigenvalue weighted by atomic mass is 9.95. The van der Waals surface area contributed by atoms with Crippen molar-refractivity contribution >= 4 is 27.5 Å². The highest BCUT2D eigenvalue weighted by atomic mass is 16.5. The van der Waals surface area contributed by atoms with Gasteiger partial charge in [0.2, 0.25) is 0 Å². The van der Waals surface area contributed by atoms with Crippen LogP contribution in [-0.2, 0) is 11.3 Å². The lowest BCUT2D eigenvalue weighted by Gasteiger charge is -2.21. The van der Waals surface area contributed by atoms with Crippen LogP contribution in [-0.4, -0.2) is 55.2 Å². The van der Waals surface area contributed by atoms with Gasteiger partial charge in [0.25, 0.3) is 0 Å². The van der Waals surface area contributed by atoms with E-state index in [0.29, 0.717) is 6.61 Å². The van der Waals surface area contributed by atoms with Crippen molar-refractivity contribution < 1.29 is 14.3 Å². The number of morpholine rings is 1. The Bertz CT molecular complexity index is 1330. The van der Waals surface area contributed by atoms with Crippen LogP contribution in [0.2, 0.25) is 0 Å². The van der Waals surface area contributed by atoms with Gasteiger partial charge < -0.3 is 18.9 Å². The molecule has 1 aromatic heterocycles. The quantitative estimate of drug-likeness (QED) is 0.411. The second-order valence-electron chi connectivity index (χ2n) is 8.89.